The number of H-pyrrole nitrogens is 1. The van der Waals surface area contributed by atoms with Crippen molar-refractivity contribution in [2.75, 3.05) is 18.9 Å². The Labute approximate surface area is 150 Å². The van der Waals surface area contributed by atoms with Crippen LogP contribution in [0.25, 0.3) is 0 Å². The van der Waals surface area contributed by atoms with E-state index >= 15 is 0 Å². The number of hydrogen-bond donors (Lipinski definition) is 2. The molecule has 10 heteroatoms. The summed E-state index contributed by atoms with van der Waals surface area (Å²) in [5.74, 6) is -1.23. The second-order valence-corrected chi connectivity index (χ2v) is 5.75. The Morgan fingerprint density at radius 3 is 2.50 bits per heavy atom. The van der Waals surface area contributed by atoms with Crippen LogP contribution in [0.3, 0.4) is 0 Å². The van der Waals surface area contributed by atoms with Gasteiger partial charge >= 0.3 is 6.18 Å². The molecule has 2 rings (SSSR count). The van der Waals surface area contributed by atoms with Gasteiger partial charge in [0.2, 0.25) is 11.5 Å². The van der Waals surface area contributed by atoms with E-state index in [2.05, 4.69) is 10.3 Å². The third-order valence-corrected chi connectivity index (χ3v) is 3.64. The van der Waals surface area contributed by atoms with Crippen LogP contribution in [-0.2, 0) is 11.0 Å². The zero-order valence-electron chi connectivity index (χ0n) is 13.4. The van der Waals surface area contributed by atoms with E-state index in [9.17, 15) is 27.6 Å². The molecule has 0 aliphatic rings. The minimum atomic E-state index is -4.66. The first kappa shape index (κ1) is 19.5. The smallest absolute Gasteiger partial charge is 0.332 e. The maximum absolute atomic E-state index is 12.8. The molecule has 0 atom stereocenters. The van der Waals surface area contributed by atoms with Crippen molar-refractivity contribution in [1.82, 2.24) is 9.88 Å². The Balaban J connectivity index is 2.05. The molecule has 0 aliphatic heterocycles. The third-order valence-electron chi connectivity index (χ3n) is 3.31. The molecule has 0 saturated heterocycles. The Hall–Kier alpha value is -2.81. The number of nitrogens with one attached hydrogen (secondary N) is 2. The van der Waals surface area contributed by atoms with Gasteiger partial charge in [0, 0.05) is 25.0 Å². The average molecular weight is 388 g/mol. The van der Waals surface area contributed by atoms with Crippen molar-refractivity contribution in [3.8, 4) is 0 Å². The molecule has 2 aromatic rings. The minimum Gasteiger partial charge on any atom is -0.332 e. The van der Waals surface area contributed by atoms with Crippen LogP contribution in [0.1, 0.15) is 15.9 Å². The predicted molar refractivity (Wildman–Crippen MR) is 89.1 cm³/mol. The summed E-state index contributed by atoms with van der Waals surface area (Å²) in [6.07, 6.45) is -3.46. The number of hydrogen-bond acceptors (Lipinski definition) is 3. The maximum Gasteiger partial charge on any atom is 0.417 e. The maximum atomic E-state index is 12.8. The van der Waals surface area contributed by atoms with Gasteiger partial charge in [-0.1, -0.05) is 11.6 Å². The molecule has 26 heavy (non-hydrogen) atoms. The normalized spacial score (nSPS) is 11.1. The topological polar surface area (TPSA) is 82.3 Å². The fourth-order valence-corrected chi connectivity index (χ4v) is 2.30. The fraction of sp³-hybridized carbons (Fsp3) is 0.188. The van der Waals surface area contributed by atoms with Crippen molar-refractivity contribution in [2.45, 2.75) is 6.18 Å². The number of pyridine rings is 1. The molecular formula is C16H13ClF3N3O3. The van der Waals surface area contributed by atoms with Gasteiger partial charge in [0.15, 0.2) is 0 Å². The van der Waals surface area contributed by atoms with Crippen molar-refractivity contribution in [3.63, 3.8) is 0 Å². The number of amides is 2. The van der Waals surface area contributed by atoms with Crippen LogP contribution in [-0.4, -0.2) is 35.3 Å². The van der Waals surface area contributed by atoms with Crippen molar-refractivity contribution < 1.29 is 22.8 Å². The number of anilines is 1. The molecule has 1 aromatic heterocycles. The molecule has 0 saturated carbocycles. The van der Waals surface area contributed by atoms with E-state index in [1.54, 1.807) is 0 Å². The number of rotatable bonds is 4. The van der Waals surface area contributed by atoms with E-state index in [0.29, 0.717) is 6.07 Å². The number of likely N-dealkylation sites (N-methyl/N-ethyl adjacent to an activating group) is 1. The first-order valence-electron chi connectivity index (χ1n) is 7.18. The SMILES string of the molecule is CN(CC(=O)Nc1ccc(Cl)c(C(F)(F)F)c1)C(=O)c1ccc(=O)[nH]c1. The standard InChI is InChI=1S/C16H13ClF3N3O3/c1-23(15(26)9-2-5-13(24)21-7-9)8-14(25)22-10-3-4-12(17)11(6-10)16(18,19)20/h2-7H,8H2,1H3,(H,21,24)(H,22,25). The van der Waals surface area contributed by atoms with Crippen LogP contribution in [0.4, 0.5) is 18.9 Å². The molecule has 0 bridgehead atoms. The van der Waals surface area contributed by atoms with E-state index in [1.165, 1.54) is 25.4 Å². The highest BCUT2D eigenvalue weighted by Crippen LogP contribution is 2.36. The number of aromatic nitrogens is 1. The summed E-state index contributed by atoms with van der Waals surface area (Å²) < 4.78 is 38.5. The highest BCUT2D eigenvalue weighted by atomic mass is 35.5. The van der Waals surface area contributed by atoms with E-state index in [4.69, 9.17) is 11.6 Å². The van der Waals surface area contributed by atoms with Crippen LogP contribution in [0.15, 0.2) is 41.3 Å². The molecule has 1 heterocycles. The molecule has 138 valence electrons. The molecular weight excluding hydrogens is 375 g/mol. The van der Waals surface area contributed by atoms with Gasteiger partial charge in [-0.25, -0.2) is 0 Å². The van der Waals surface area contributed by atoms with Gasteiger partial charge in [0.05, 0.1) is 22.7 Å². The number of alkyl halides is 3. The monoisotopic (exact) mass is 387 g/mol. The number of carbonyl (C=O) groups is 2. The molecule has 0 aliphatic carbocycles. The van der Waals surface area contributed by atoms with Crippen LogP contribution in [0, 0.1) is 0 Å². The van der Waals surface area contributed by atoms with E-state index < -0.39 is 35.1 Å². The van der Waals surface area contributed by atoms with Gasteiger partial charge in [-0.3, -0.25) is 14.4 Å². The Morgan fingerprint density at radius 1 is 1.23 bits per heavy atom. The van der Waals surface area contributed by atoms with Gasteiger partial charge < -0.3 is 15.2 Å². The minimum absolute atomic E-state index is 0.100. The van der Waals surface area contributed by atoms with Gasteiger partial charge in [-0.15, -0.1) is 0 Å². The number of aromatic amines is 1. The van der Waals surface area contributed by atoms with Crippen LogP contribution in [0.2, 0.25) is 5.02 Å². The van der Waals surface area contributed by atoms with Gasteiger partial charge in [-0.2, -0.15) is 13.2 Å². The number of benzene rings is 1. The lowest BCUT2D eigenvalue weighted by atomic mass is 10.2. The summed E-state index contributed by atoms with van der Waals surface area (Å²) in [7, 11) is 1.34. The number of nitrogens with zero attached hydrogens (tertiary/aromatic N) is 1. The summed E-state index contributed by atoms with van der Waals surface area (Å²) in [5.41, 5.74) is -1.40. The molecule has 0 unspecified atom stereocenters. The summed E-state index contributed by atoms with van der Waals surface area (Å²) in [6.45, 7) is -0.401. The van der Waals surface area contributed by atoms with Gasteiger partial charge in [0.25, 0.3) is 5.91 Å². The fourth-order valence-electron chi connectivity index (χ4n) is 2.07. The lowest BCUT2D eigenvalue weighted by Crippen LogP contribution is -2.35. The summed E-state index contributed by atoms with van der Waals surface area (Å²) in [5, 5.41) is 1.79. The zero-order valence-corrected chi connectivity index (χ0v) is 14.1. The molecule has 6 nitrogen and oxygen atoms in total. The number of halogens is 4. The van der Waals surface area contributed by atoms with Crippen molar-refractivity contribution in [3.05, 3.63) is 63.0 Å². The molecule has 0 fully saturated rings. The first-order chi connectivity index (χ1) is 12.1. The van der Waals surface area contributed by atoms with E-state index in [1.807, 2.05) is 0 Å². The van der Waals surface area contributed by atoms with Crippen LogP contribution < -0.4 is 10.9 Å². The average Bonchev–Trinajstić information content (AvgIpc) is 2.55. The molecule has 0 radical (unpaired) electrons. The predicted octanol–water partition coefficient (Wildman–Crippen LogP) is 2.76. The second-order valence-electron chi connectivity index (χ2n) is 5.34. The van der Waals surface area contributed by atoms with Crippen LogP contribution in [0.5, 0.6) is 0 Å². The quantitative estimate of drug-likeness (QED) is 0.846. The highest BCUT2D eigenvalue weighted by molar-refractivity contribution is 6.31. The third kappa shape index (κ3) is 4.85. The summed E-state index contributed by atoms with van der Waals surface area (Å²) in [6, 6.07) is 5.41. The molecule has 2 N–H and O–H groups in total. The largest absolute Gasteiger partial charge is 0.417 e. The summed E-state index contributed by atoms with van der Waals surface area (Å²) in [4.78, 5) is 38.5. The van der Waals surface area contributed by atoms with Gasteiger partial charge in [-0.05, 0) is 24.3 Å². The second kappa shape index (κ2) is 7.61. The Morgan fingerprint density at radius 2 is 1.92 bits per heavy atom. The number of carbonyl (C=O) groups excluding carboxylic acids is 2. The van der Waals surface area contributed by atoms with Gasteiger partial charge in [0.1, 0.15) is 0 Å². The zero-order chi connectivity index (χ0) is 19.5. The molecule has 2 amide bonds. The van der Waals surface area contributed by atoms with E-state index in [0.717, 1.165) is 17.0 Å². The Kier molecular flexibility index (Phi) is 5.71. The first-order valence-corrected chi connectivity index (χ1v) is 7.56. The highest BCUT2D eigenvalue weighted by Gasteiger charge is 2.33. The van der Waals surface area contributed by atoms with E-state index in [-0.39, 0.29) is 16.8 Å². The van der Waals surface area contributed by atoms with Crippen molar-refractivity contribution >= 4 is 29.1 Å². The summed E-state index contributed by atoms with van der Waals surface area (Å²) >= 11 is 5.51. The molecule has 1 aromatic carbocycles. The lowest BCUT2D eigenvalue weighted by Gasteiger charge is -2.17. The van der Waals surface area contributed by atoms with Crippen molar-refractivity contribution in [1.29, 1.82) is 0 Å². The Bertz CT molecular complexity index is 876. The van der Waals surface area contributed by atoms with Crippen LogP contribution >= 0.6 is 11.6 Å². The lowest BCUT2D eigenvalue weighted by molar-refractivity contribution is -0.137. The molecule has 0 spiro atoms. The van der Waals surface area contributed by atoms with Crippen molar-refractivity contribution in [2.24, 2.45) is 0 Å².